The number of hydrogen-bond acceptors (Lipinski definition) is 4. The van der Waals surface area contributed by atoms with Crippen LogP contribution in [0.1, 0.15) is 74.6 Å². The lowest BCUT2D eigenvalue weighted by Gasteiger charge is -2.45. The van der Waals surface area contributed by atoms with Gasteiger partial charge in [0.05, 0.1) is 22.8 Å². The first-order valence-electron chi connectivity index (χ1n) is 11.4. The molecule has 2 fully saturated rings. The van der Waals surface area contributed by atoms with E-state index in [1.54, 1.807) is 13.0 Å². The Morgan fingerprint density at radius 3 is 2.58 bits per heavy atom. The smallest absolute Gasteiger partial charge is 0.0930 e. The molecule has 1 saturated carbocycles. The van der Waals surface area contributed by atoms with Crippen LogP contribution in [0.25, 0.3) is 16.5 Å². The molecule has 168 valence electrons. The highest BCUT2D eigenvalue weighted by Gasteiger charge is 2.35. The molecule has 0 amide bonds. The molecule has 2 aliphatic rings. The van der Waals surface area contributed by atoms with Gasteiger partial charge in [-0.05, 0) is 81.4 Å². The lowest BCUT2D eigenvalue weighted by Crippen LogP contribution is -2.56. The number of nitrogens with one attached hydrogen (secondary N) is 1. The van der Waals surface area contributed by atoms with E-state index in [1.807, 2.05) is 27.0 Å². The molecular formula is C25H34ClN3O2. The van der Waals surface area contributed by atoms with Gasteiger partial charge < -0.3 is 9.84 Å². The molecule has 1 aromatic carbocycles. The van der Waals surface area contributed by atoms with Crippen LogP contribution < -0.4 is 0 Å². The van der Waals surface area contributed by atoms with Crippen LogP contribution >= 0.6 is 11.6 Å². The van der Waals surface area contributed by atoms with E-state index in [9.17, 15) is 5.11 Å². The molecule has 1 atom stereocenters. The minimum absolute atomic E-state index is 0.139. The zero-order valence-electron chi connectivity index (χ0n) is 19.0. The largest absolute Gasteiger partial charge is 0.513 e. The maximum absolute atomic E-state index is 9.80. The van der Waals surface area contributed by atoms with Gasteiger partial charge in [0.1, 0.15) is 0 Å². The van der Waals surface area contributed by atoms with E-state index >= 15 is 0 Å². The number of ether oxygens (including phenoxy) is 1. The number of benzene rings is 1. The standard InChI is InChI=1S/C25H34ClN3O2/c1-5-17(10-15(2)30)22-12-24-23(11-21(22)16(3)26)25(28-27-24)18-6-8-19(9-7-18)29-13-20(14-29)31-4/h5,10-12,16,18-20,30H,6-9,13-14H2,1-4H3,(H,27,28)/b15-10+,17-5+. The normalized spacial score (nSPS) is 25.1. The Balaban J connectivity index is 1.58. The van der Waals surface area contributed by atoms with Crippen LogP contribution in [0, 0.1) is 0 Å². The van der Waals surface area contributed by atoms with Gasteiger partial charge in [0.15, 0.2) is 0 Å². The van der Waals surface area contributed by atoms with Gasteiger partial charge in [-0.2, -0.15) is 5.10 Å². The number of H-pyrrole nitrogens is 1. The molecule has 2 aromatic rings. The number of aromatic amines is 1. The molecule has 0 radical (unpaired) electrons. The molecule has 1 aliphatic heterocycles. The monoisotopic (exact) mass is 443 g/mol. The molecule has 31 heavy (non-hydrogen) atoms. The average molecular weight is 444 g/mol. The van der Waals surface area contributed by atoms with Crippen molar-refractivity contribution < 1.29 is 9.84 Å². The zero-order chi connectivity index (χ0) is 22.1. The van der Waals surface area contributed by atoms with Crippen LogP contribution in [0.4, 0.5) is 0 Å². The van der Waals surface area contributed by atoms with E-state index < -0.39 is 0 Å². The van der Waals surface area contributed by atoms with Gasteiger partial charge in [0, 0.05) is 43.2 Å². The van der Waals surface area contributed by atoms with Crippen molar-refractivity contribution in [2.75, 3.05) is 20.2 Å². The molecular weight excluding hydrogens is 410 g/mol. The minimum Gasteiger partial charge on any atom is -0.513 e. The SMILES string of the molecule is C/C=C(\C=C(/C)O)c1cc2n[nH]c(C3CCC(N4CC(OC)C4)CC3)c2cc1C(C)Cl. The molecule has 1 aliphatic carbocycles. The van der Waals surface area contributed by atoms with Crippen molar-refractivity contribution in [1.82, 2.24) is 15.1 Å². The first-order valence-corrected chi connectivity index (χ1v) is 11.8. The fourth-order valence-electron chi connectivity index (χ4n) is 5.17. The molecule has 5 nitrogen and oxygen atoms in total. The number of likely N-dealkylation sites (tertiary alicyclic amines) is 1. The number of aliphatic hydroxyl groups excluding tert-OH is 1. The second-order valence-corrected chi connectivity index (χ2v) is 9.71. The summed E-state index contributed by atoms with van der Waals surface area (Å²) in [7, 11) is 1.81. The highest BCUT2D eigenvalue weighted by Crippen LogP contribution is 2.40. The summed E-state index contributed by atoms with van der Waals surface area (Å²) in [5.74, 6) is 0.783. The Hall–Kier alpha value is -1.82. The number of hydrogen-bond donors (Lipinski definition) is 2. The lowest BCUT2D eigenvalue weighted by molar-refractivity contribution is -0.0579. The van der Waals surface area contributed by atoms with E-state index in [0.717, 1.165) is 35.3 Å². The van der Waals surface area contributed by atoms with Crippen LogP contribution in [-0.2, 0) is 4.74 Å². The second kappa shape index (κ2) is 9.35. The number of fused-ring (bicyclic) bond motifs is 1. The summed E-state index contributed by atoms with van der Waals surface area (Å²) in [4.78, 5) is 2.57. The fourth-order valence-corrected chi connectivity index (χ4v) is 5.35. The van der Waals surface area contributed by atoms with Gasteiger partial charge in [-0.25, -0.2) is 0 Å². The summed E-state index contributed by atoms with van der Waals surface area (Å²) in [5.41, 5.74) is 5.26. The highest BCUT2D eigenvalue weighted by molar-refractivity contribution is 6.21. The number of allylic oxidation sites excluding steroid dienone is 4. The van der Waals surface area contributed by atoms with Gasteiger partial charge >= 0.3 is 0 Å². The van der Waals surface area contributed by atoms with Crippen LogP contribution in [0.15, 0.2) is 30.0 Å². The summed E-state index contributed by atoms with van der Waals surface area (Å²) in [6.45, 7) is 7.81. The number of aromatic nitrogens is 2. The first-order chi connectivity index (χ1) is 14.9. The van der Waals surface area contributed by atoms with Crippen LogP contribution in [0.2, 0.25) is 0 Å². The number of rotatable bonds is 6. The maximum atomic E-state index is 9.80. The zero-order valence-corrected chi connectivity index (χ0v) is 19.7. The van der Waals surface area contributed by atoms with Crippen molar-refractivity contribution in [3.8, 4) is 0 Å². The van der Waals surface area contributed by atoms with E-state index in [1.165, 1.54) is 36.8 Å². The maximum Gasteiger partial charge on any atom is 0.0930 e. The molecule has 1 aromatic heterocycles. The summed E-state index contributed by atoms with van der Waals surface area (Å²) in [5, 5.41) is 18.8. The summed E-state index contributed by atoms with van der Waals surface area (Å²) < 4.78 is 5.43. The third-order valence-corrected chi connectivity index (χ3v) is 7.24. The van der Waals surface area contributed by atoms with Crippen molar-refractivity contribution in [2.45, 2.75) is 69.9 Å². The molecule has 1 unspecified atom stereocenters. The Morgan fingerprint density at radius 1 is 1.29 bits per heavy atom. The quantitative estimate of drug-likeness (QED) is 0.322. The number of halogens is 1. The van der Waals surface area contributed by atoms with Crippen molar-refractivity contribution in [3.63, 3.8) is 0 Å². The van der Waals surface area contributed by atoms with Gasteiger partial charge in [-0.15, -0.1) is 11.6 Å². The van der Waals surface area contributed by atoms with Crippen LogP contribution in [0.5, 0.6) is 0 Å². The predicted molar refractivity (Wildman–Crippen MR) is 128 cm³/mol. The predicted octanol–water partition coefficient (Wildman–Crippen LogP) is 6.08. The Bertz CT molecular complexity index is 976. The molecule has 6 heteroatoms. The molecule has 1 saturated heterocycles. The summed E-state index contributed by atoms with van der Waals surface area (Å²) in [6, 6.07) is 5.00. The van der Waals surface area contributed by atoms with Gasteiger partial charge in [0.25, 0.3) is 0 Å². The first kappa shape index (κ1) is 22.4. The van der Waals surface area contributed by atoms with Crippen LogP contribution in [0.3, 0.4) is 0 Å². The van der Waals surface area contributed by atoms with Crippen molar-refractivity contribution in [3.05, 3.63) is 46.9 Å². The average Bonchev–Trinajstić information content (AvgIpc) is 3.13. The highest BCUT2D eigenvalue weighted by atomic mass is 35.5. The Labute approximate surface area is 190 Å². The number of nitrogens with zero attached hydrogens (tertiary/aromatic N) is 2. The number of aliphatic hydroxyl groups is 1. The number of methoxy groups -OCH3 is 1. The fraction of sp³-hybridized carbons (Fsp3) is 0.560. The van der Waals surface area contributed by atoms with E-state index in [2.05, 4.69) is 27.2 Å². The summed E-state index contributed by atoms with van der Waals surface area (Å²) in [6.07, 6.45) is 9.01. The van der Waals surface area contributed by atoms with Gasteiger partial charge in [-0.1, -0.05) is 6.08 Å². The number of alkyl halides is 1. The lowest BCUT2D eigenvalue weighted by atomic mass is 9.81. The third-order valence-electron chi connectivity index (χ3n) is 7.00. The minimum atomic E-state index is -0.139. The molecule has 2 N–H and O–H groups in total. The molecule has 0 spiro atoms. The van der Waals surface area contributed by atoms with Gasteiger partial charge in [-0.3, -0.25) is 10.00 Å². The Kier molecular flexibility index (Phi) is 6.75. The molecule has 4 rings (SSSR count). The molecule has 2 heterocycles. The van der Waals surface area contributed by atoms with Crippen molar-refractivity contribution in [1.29, 1.82) is 0 Å². The van der Waals surface area contributed by atoms with Crippen molar-refractivity contribution >= 4 is 28.1 Å². The van der Waals surface area contributed by atoms with Gasteiger partial charge in [0.2, 0.25) is 0 Å². The van der Waals surface area contributed by atoms with Crippen molar-refractivity contribution in [2.24, 2.45) is 0 Å². The van der Waals surface area contributed by atoms with E-state index in [0.29, 0.717) is 18.1 Å². The summed E-state index contributed by atoms with van der Waals surface area (Å²) >= 11 is 6.59. The molecule has 0 bridgehead atoms. The topological polar surface area (TPSA) is 61.4 Å². The van der Waals surface area contributed by atoms with E-state index in [4.69, 9.17) is 16.3 Å². The second-order valence-electron chi connectivity index (χ2n) is 9.06. The van der Waals surface area contributed by atoms with Crippen LogP contribution in [-0.4, -0.2) is 52.5 Å². The van der Waals surface area contributed by atoms with E-state index in [-0.39, 0.29) is 11.1 Å². The third kappa shape index (κ3) is 4.55. The Morgan fingerprint density at radius 2 is 2.00 bits per heavy atom.